The Labute approximate surface area is 227 Å². The van der Waals surface area contributed by atoms with E-state index in [9.17, 15) is 15.0 Å². The third-order valence-corrected chi connectivity index (χ3v) is 8.33. The first-order valence-corrected chi connectivity index (χ1v) is 15.2. The number of rotatable bonds is 18. The van der Waals surface area contributed by atoms with Gasteiger partial charge in [-0.05, 0) is 54.8 Å². The lowest BCUT2D eigenvalue weighted by atomic mass is 9.92. The van der Waals surface area contributed by atoms with Crippen molar-refractivity contribution in [2.24, 2.45) is 0 Å². The van der Waals surface area contributed by atoms with E-state index >= 15 is 0 Å². The van der Waals surface area contributed by atoms with Gasteiger partial charge in [-0.15, -0.1) is 0 Å². The van der Waals surface area contributed by atoms with Crippen molar-refractivity contribution in [3.05, 3.63) is 27.3 Å². The van der Waals surface area contributed by atoms with Gasteiger partial charge in [-0.25, -0.2) is 0 Å². The van der Waals surface area contributed by atoms with Crippen LogP contribution in [0.15, 0.2) is 18.2 Å². The molecule has 1 aliphatic heterocycles. The van der Waals surface area contributed by atoms with Gasteiger partial charge in [-0.2, -0.15) is 0 Å². The summed E-state index contributed by atoms with van der Waals surface area (Å²) < 4.78 is 0.697. The number of aliphatic hydroxyl groups is 1. The van der Waals surface area contributed by atoms with Crippen LogP contribution in [0.4, 0.5) is 0 Å². The molecule has 0 bridgehead atoms. The van der Waals surface area contributed by atoms with Crippen LogP contribution in [0.25, 0.3) is 0 Å². The maximum Gasteiger partial charge on any atom is 0.220 e. The average Bonchev–Trinajstić information content (AvgIpc) is 3.39. The second-order valence-electron chi connectivity index (χ2n) is 10.3. The smallest absolute Gasteiger partial charge is 0.220 e. The largest absolute Gasteiger partial charge is 0.506 e. The van der Waals surface area contributed by atoms with Crippen LogP contribution in [0.2, 0.25) is 0 Å². The van der Waals surface area contributed by atoms with Crippen molar-refractivity contribution in [2.75, 3.05) is 13.1 Å². The molecule has 1 aliphatic rings. The number of phenolic OH excluding ortho intramolecular Hbond substituents is 1. The summed E-state index contributed by atoms with van der Waals surface area (Å²) in [5, 5.41) is 25.6. The van der Waals surface area contributed by atoms with Crippen molar-refractivity contribution in [1.29, 1.82) is 0 Å². The number of phenols is 1. The first kappa shape index (κ1) is 30.4. The van der Waals surface area contributed by atoms with Gasteiger partial charge in [-0.1, -0.05) is 96.1 Å². The normalized spacial score (nSPS) is 16.8. The van der Waals surface area contributed by atoms with E-state index in [0.29, 0.717) is 15.6 Å². The zero-order valence-electron chi connectivity index (χ0n) is 22.2. The molecule has 2 unspecified atom stereocenters. The van der Waals surface area contributed by atoms with Crippen LogP contribution < -0.4 is 5.32 Å². The Morgan fingerprint density at radius 1 is 0.971 bits per heavy atom. The molecule has 1 aromatic carbocycles. The number of aromatic hydroxyl groups is 1. The number of benzene rings is 1. The quantitative estimate of drug-likeness (QED) is 0.123. The Morgan fingerprint density at radius 2 is 1.49 bits per heavy atom. The second-order valence-corrected chi connectivity index (χ2v) is 11.5. The van der Waals surface area contributed by atoms with Crippen LogP contribution in [0, 0.1) is 3.57 Å². The van der Waals surface area contributed by atoms with Crippen LogP contribution in [0.3, 0.4) is 0 Å². The van der Waals surface area contributed by atoms with Gasteiger partial charge in [-0.3, -0.25) is 9.69 Å². The highest BCUT2D eigenvalue weighted by molar-refractivity contribution is 14.1. The molecular weight excluding hydrogens is 551 g/mol. The summed E-state index contributed by atoms with van der Waals surface area (Å²) in [5.74, 6) is 0.0726. The topological polar surface area (TPSA) is 72.8 Å². The molecule has 0 radical (unpaired) electrons. The molecular formula is C29H49IN2O3. The number of carbonyl (C=O) groups is 1. The lowest BCUT2D eigenvalue weighted by Crippen LogP contribution is -2.58. The third kappa shape index (κ3) is 9.84. The second kappa shape index (κ2) is 16.8. The Morgan fingerprint density at radius 3 is 2.03 bits per heavy atom. The fourth-order valence-corrected chi connectivity index (χ4v) is 5.76. The Hall–Kier alpha value is -0.860. The van der Waals surface area contributed by atoms with Crippen molar-refractivity contribution < 1.29 is 15.0 Å². The van der Waals surface area contributed by atoms with Gasteiger partial charge in [0, 0.05) is 25.1 Å². The molecule has 3 N–H and O–H groups in total. The molecule has 0 aliphatic carbocycles. The van der Waals surface area contributed by atoms with Crippen LogP contribution in [-0.4, -0.2) is 40.2 Å². The standard InChI is InChI=1S/C29H49IN2O3/c1-3-4-5-6-7-8-9-10-11-12-13-14-15-21-27(33)31-24(2)29(35,32-22-16-17-23-32)25-19-18-20-26(30)28(25)34/h18-20,24,34-35H,3-17,21-23H2,1-2H3,(H,31,33). The van der Waals surface area contributed by atoms with Crippen LogP contribution in [0.5, 0.6) is 5.75 Å². The van der Waals surface area contributed by atoms with E-state index in [4.69, 9.17) is 0 Å². The number of nitrogens with one attached hydrogen (secondary N) is 1. The number of nitrogens with zero attached hydrogens (tertiary/aromatic N) is 1. The highest BCUT2D eigenvalue weighted by Crippen LogP contribution is 2.39. The molecule has 0 aromatic heterocycles. The van der Waals surface area contributed by atoms with Gasteiger partial charge < -0.3 is 15.5 Å². The van der Waals surface area contributed by atoms with Crippen molar-refractivity contribution in [3.63, 3.8) is 0 Å². The molecule has 0 spiro atoms. The van der Waals surface area contributed by atoms with E-state index in [2.05, 4.69) is 34.8 Å². The van der Waals surface area contributed by atoms with E-state index in [0.717, 1.165) is 38.8 Å². The van der Waals surface area contributed by atoms with Crippen LogP contribution >= 0.6 is 22.6 Å². The summed E-state index contributed by atoms with van der Waals surface area (Å²) in [5.41, 5.74) is -0.951. The first-order chi connectivity index (χ1) is 16.9. The van der Waals surface area contributed by atoms with Crippen molar-refractivity contribution >= 4 is 28.5 Å². The van der Waals surface area contributed by atoms with Crippen molar-refractivity contribution in [3.8, 4) is 5.75 Å². The molecule has 1 amide bonds. The van der Waals surface area contributed by atoms with E-state index in [1.807, 2.05) is 24.0 Å². The molecule has 1 fully saturated rings. The highest BCUT2D eigenvalue weighted by Gasteiger charge is 2.45. The molecule has 1 saturated heterocycles. The molecule has 35 heavy (non-hydrogen) atoms. The van der Waals surface area contributed by atoms with Gasteiger partial charge in [0.25, 0.3) is 0 Å². The maximum absolute atomic E-state index is 12.7. The number of para-hydroxylation sites is 1. The number of unbranched alkanes of at least 4 members (excludes halogenated alkanes) is 12. The van der Waals surface area contributed by atoms with Gasteiger partial charge in [0.2, 0.25) is 5.91 Å². The summed E-state index contributed by atoms with van der Waals surface area (Å²) in [4.78, 5) is 14.7. The summed E-state index contributed by atoms with van der Waals surface area (Å²) in [6, 6.07) is 4.91. The minimum absolute atomic E-state index is 0.0247. The number of hydrogen-bond acceptors (Lipinski definition) is 4. The van der Waals surface area contributed by atoms with Gasteiger partial charge in [0.05, 0.1) is 9.61 Å². The zero-order valence-corrected chi connectivity index (χ0v) is 24.3. The zero-order chi connectivity index (χ0) is 25.5. The van der Waals surface area contributed by atoms with Crippen LogP contribution in [-0.2, 0) is 10.5 Å². The van der Waals surface area contributed by atoms with E-state index in [-0.39, 0.29) is 11.7 Å². The molecule has 200 valence electrons. The third-order valence-electron chi connectivity index (χ3n) is 7.46. The summed E-state index contributed by atoms with van der Waals surface area (Å²) in [7, 11) is 0. The van der Waals surface area contributed by atoms with Gasteiger partial charge in [0.15, 0.2) is 5.72 Å². The first-order valence-electron chi connectivity index (χ1n) is 14.2. The van der Waals surface area contributed by atoms with Gasteiger partial charge >= 0.3 is 0 Å². The van der Waals surface area contributed by atoms with Gasteiger partial charge in [0.1, 0.15) is 5.75 Å². The summed E-state index contributed by atoms with van der Waals surface area (Å²) >= 11 is 2.08. The predicted molar refractivity (Wildman–Crippen MR) is 153 cm³/mol. The monoisotopic (exact) mass is 600 g/mol. The molecule has 2 atom stereocenters. The van der Waals surface area contributed by atoms with Crippen molar-refractivity contribution in [1.82, 2.24) is 10.2 Å². The fraction of sp³-hybridized carbons (Fsp3) is 0.759. The molecule has 5 nitrogen and oxygen atoms in total. The average molecular weight is 601 g/mol. The van der Waals surface area contributed by atoms with E-state index < -0.39 is 11.8 Å². The molecule has 1 aromatic rings. The number of amides is 1. The minimum atomic E-state index is -1.42. The number of likely N-dealkylation sites (tertiary alicyclic amines) is 1. The molecule has 0 saturated carbocycles. The van der Waals surface area contributed by atoms with Crippen LogP contribution in [0.1, 0.15) is 122 Å². The maximum atomic E-state index is 12.7. The summed E-state index contributed by atoms with van der Waals surface area (Å²) in [6.45, 7) is 5.61. The fourth-order valence-electron chi connectivity index (χ4n) is 5.27. The molecule has 1 heterocycles. The minimum Gasteiger partial charge on any atom is -0.506 e. The Kier molecular flexibility index (Phi) is 14.6. The number of halogens is 1. The van der Waals surface area contributed by atoms with Crippen molar-refractivity contribution in [2.45, 2.75) is 128 Å². The lowest BCUT2D eigenvalue weighted by Gasteiger charge is -2.42. The Balaban J connectivity index is 1.69. The summed E-state index contributed by atoms with van der Waals surface area (Å²) in [6.07, 6.45) is 19.2. The number of carbonyl (C=O) groups excluding carboxylic acids is 1. The highest BCUT2D eigenvalue weighted by atomic mass is 127. The molecule has 6 heteroatoms. The predicted octanol–water partition coefficient (Wildman–Crippen LogP) is 7.22. The lowest BCUT2D eigenvalue weighted by molar-refractivity contribution is -0.142. The van der Waals surface area contributed by atoms with E-state index in [1.165, 1.54) is 70.6 Å². The Bertz CT molecular complexity index is 739. The SMILES string of the molecule is CCCCCCCCCCCCCCCC(=O)NC(C)C(O)(c1cccc(I)c1O)N1CCCC1. The number of hydrogen-bond donors (Lipinski definition) is 3. The molecule has 2 rings (SSSR count). The van der Waals surface area contributed by atoms with E-state index in [1.54, 1.807) is 6.07 Å².